The first kappa shape index (κ1) is 20.2. The van der Waals surface area contributed by atoms with Gasteiger partial charge in [-0.1, -0.05) is 6.07 Å². The van der Waals surface area contributed by atoms with Gasteiger partial charge in [0.25, 0.3) is 11.5 Å². The molecule has 0 aromatic carbocycles. The Bertz CT molecular complexity index is 1220. The Morgan fingerprint density at radius 2 is 2.07 bits per heavy atom. The maximum atomic E-state index is 13.1. The number of carbonyl (C=O) groups excluding carboxylic acids is 1. The van der Waals surface area contributed by atoms with Crippen LogP contribution in [0.5, 0.6) is 0 Å². The van der Waals surface area contributed by atoms with Gasteiger partial charge in [-0.25, -0.2) is 4.98 Å². The van der Waals surface area contributed by atoms with Gasteiger partial charge < -0.3 is 14.6 Å². The normalized spacial score (nSPS) is 15.0. The van der Waals surface area contributed by atoms with Crippen LogP contribution >= 0.6 is 0 Å². The summed E-state index contributed by atoms with van der Waals surface area (Å²) in [7, 11) is 0. The average molecular weight is 410 g/mol. The molecule has 1 fully saturated rings. The van der Waals surface area contributed by atoms with Crippen molar-refractivity contribution in [3.8, 4) is 0 Å². The molecule has 1 amide bonds. The van der Waals surface area contributed by atoms with E-state index in [0.717, 1.165) is 25.2 Å². The Balaban J connectivity index is 1.70. The number of nitrogens with one attached hydrogen (secondary N) is 2. The predicted molar refractivity (Wildman–Crippen MR) is 113 cm³/mol. The minimum absolute atomic E-state index is 0.0530. The predicted octanol–water partition coefficient (Wildman–Crippen LogP) is 0.519. The molecule has 3 aromatic rings. The first-order valence-corrected chi connectivity index (χ1v) is 10.2. The molecule has 9 nitrogen and oxygen atoms in total. The number of pyridine rings is 2. The number of fused-ring (bicyclic) bond motifs is 2. The van der Waals surface area contributed by atoms with Crippen LogP contribution in [0.25, 0.3) is 16.7 Å². The molecule has 158 valence electrons. The summed E-state index contributed by atoms with van der Waals surface area (Å²) in [4.78, 5) is 32.8. The van der Waals surface area contributed by atoms with Crippen molar-refractivity contribution in [2.24, 2.45) is 0 Å². The van der Waals surface area contributed by atoms with E-state index in [-0.39, 0.29) is 22.5 Å². The number of aryl methyl sites for hydroxylation is 2. The van der Waals surface area contributed by atoms with Gasteiger partial charge in [0.1, 0.15) is 16.8 Å². The molecule has 0 spiro atoms. The first-order valence-electron chi connectivity index (χ1n) is 10.2. The Morgan fingerprint density at radius 1 is 1.30 bits per heavy atom. The number of nitrogens with zero attached hydrogens (tertiary/aromatic N) is 4. The van der Waals surface area contributed by atoms with Crippen LogP contribution in [0.3, 0.4) is 0 Å². The Kier molecular flexibility index (Phi) is 5.65. The molecule has 0 atom stereocenters. The van der Waals surface area contributed by atoms with Crippen LogP contribution in [0.15, 0.2) is 29.2 Å². The van der Waals surface area contributed by atoms with Gasteiger partial charge >= 0.3 is 0 Å². The van der Waals surface area contributed by atoms with Crippen LogP contribution in [-0.4, -0.2) is 64.2 Å². The smallest absolute Gasteiger partial charge is 0.267 e. The molecule has 4 rings (SSSR count). The van der Waals surface area contributed by atoms with Crippen molar-refractivity contribution in [2.75, 3.05) is 39.4 Å². The number of ether oxygens (including phenoxy) is 1. The Hall–Kier alpha value is -3.04. The van der Waals surface area contributed by atoms with Crippen molar-refractivity contribution in [1.82, 2.24) is 24.2 Å². The molecule has 0 saturated carbocycles. The lowest BCUT2D eigenvalue weighted by Crippen LogP contribution is -2.42. The summed E-state index contributed by atoms with van der Waals surface area (Å²) in [5.74, 6) is -0.355. The largest absolute Gasteiger partial charge is 0.379 e. The molecule has 1 aliphatic heterocycles. The van der Waals surface area contributed by atoms with Gasteiger partial charge in [-0.15, -0.1) is 0 Å². The van der Waals surface area contributed by atoms with E-state index in [9.17, 15) is 9.59 Å². The van der Waals surface area contributed by atoms with E-state index < -0.39 is 0 Å². The van der Waals surface area contributed by atoms with Gasteiger partial charge in [0, 0.05) is 38.9 Å². The summed E-state index contributed by atoms with van der Waals surface area (Å²) < 4.78 is 8.43. The third-order valence-corrected chi connectivity index (χ3v) is 5.43. The molecule has 1 saturated heterocycles. The lowest BCUT2D eigenvalue weighted by molar-refractivity contribution is 0.0383. The third kappa shape index (κ3) is 3.73. The zero-order chi connectivity index (χ0) is 21.3. The second-order valence-electron chi connectivity index (χ2n) is 7.45. The Morgan fingerprint density at radius 3 is 2.80 bits per heavy atom. The first-order chi connectivity index (χ1) is 14.5. The van der Waals surface area contributed by atoms with Crippen molar-refractivity contribution >= 4 is 22.6 Å². The fourth-order valence-corrected chi connectivity index (χ4v) is 3.77. The standard InChI is InChI=1S/C21H26N6O3/c1-3-26-18(22)15(20(28)23-6-7-25-8-10-30-11-9-25)12-16-19(26)24-17-5-4-14(2)13-27(17)21(16)29/h4-5,12-13,22H,3,6-11H2,1-2H3,(H,23,28). The molecular formula is C21H26N6O3. The Labute approximate surface area is 173 Å². The van der Waals surface area contributed by atoms with Crippen molar-refractivity contribution in [1.29, 1.82) is 5.41 Å². The molecule has 0 unspecified atom stereocenters. The second-order valence-corrected chi connectivity index (χ2v) is 7.45. The minimum atomic E-state index is -0.355. The van der Waals surface area contributed by atoms with Gasteiger partial charge in [0.05, 0.1) is 24.2 Å². The fraction of sp³-hybridized carbons (Fsp3) is 0.429. The highest BCUT2D eigenvalue weighted by atomic mass is 16.5. The van der Waals surface area contributed by atoms with Gasteiger partial charge in [0.2, 0.25) is 0 Å². The van der Waals surface area contributed by atoms with E-state index >= 15 is 0 Å². The summed E-state index contributed by atoms with van der Waals surface area (Å²) in [6.07, 6.45) is 1.73. The number of aromatic nitrogens is 3. The summed E-state index contributed by atoms with van der Waals surface area (Å²) in [5, 5.41) is 11.7. The van der Waals surface area contributed by atoms with E-state index in [1.54, 1.807) is 16.8 Å². The van der Waals surface area contributed by atoms with E-state index in [0.29, 0.717) is 43.0 Å². The highest BCUT2D eigenvalue weighted by Gasteiger charge is 2.17. The van der Waals surface area contributed by atoms with Crippen molar-refractivity contribution in [3.05, 3.63) is 51.4 Å². The fourth-order valence-electron chi connectivity index (χ4n) is 3.77. The molecule has 0 bridgehead atoms. The maximum absolute atomic E-state index is 13.1. The number of hydrogen-bond donors (Lipinski definition) is 2. The van der Waals surface area contributed by atoms with Crippen molar-refractivity contribution in [3.63, 3.8) is 0 Å². The molecule has 9 heteroatoms. The average Bonchev–Trinajstić information content (AvgIpc) is 2.75. The van der Waals surface area contributed by atoms with Crippen LogP contribution in [0.4, 0.5) is 0 Å². The monoisotopic (exact) mass is 410 g/mol. The minimum Gasteiger partial charge on any atom is -0.379 e. The summed E-state index contributed by atoms with van der Waals surface area (Å²) in [5.41, 5.74) is 1.86. The molecule has 0 radical (unpaired) electrons. The molecule has 0 aliphatic carbocycles. The summed E-state index contributed by atoms with van der Waals surface area (Å²) in [6.45, 7) is 8.50. The number of carbonyl (C=O) groups is 1. The van der Waals surface area contributed by atoms with Crippen LogP contribution in [0.2, 0.25) is 0 Å². The third-order valence-electron chi connectivity index (χ3n) is 5.43. The van der Waals surface area contributed by atoms with Crippen LogP contribution in [-0.2, 0) is 11.3 Å². The van der Waals surface area contributed by atoms with E-state index in [1.165, 1.54) is 10.5 Å². The molecule has 30 heavy (non-hydrogen) atoms. The number of morpholine rings is 1. The quantitative estimate of drug-likeness (QED) is 0.597. The van der Waals surface area contributed by atoms with Crippen LogP contribution < -0.4 is 16.4 Å². The summed E-state index contributed by atoms with van der Waals surface area (Å²) >= 11 is 0. The number of amides is 1. The van der Waals surface area contributed by atoms with Crippen molar-refractivity contribution < 1.29 is 9.53 Å². The van der Waals surface area contributed by atoms with E-state index in [2.05, 4.69) is 15.2 Å². The highest BCUT2D eigenvalue weighted by Crippen LogP contribution is 2.11. The lowest BCUT2D eigenvalue weighted by Gasteiger charge is -2.26. The molecule has 2 N–H and O–H groups in total. The number of hydrogen-bond acceptors (Lipinski definition) is 6. The molecule has 3 aromatic heterocycles. The zero-order valence-electron chi connectivity index (χ0n) is 17.3. The van der Waals surface area contributed by atoms with Crippen LogP contribution in [0, 0.1) is 12.3 Å². The van der Waals surface area contributed by atoms with Gasteiger partial charge in [0.15, 0.2) is 0 Å². The van der Waals surface area contributed by atoms with Gasteiger partial charge in [-0.2, -0.15) is 0 Å². The molecule has 4 heterocycles. The number of rotatable bonds is 5. The van der Waals surface area contributed by atoms with Crippen LogP contribution in [0.1, 0.15) is 22.8 Å². The van der Waals surface area contributed by atoms with Gasteiger partial charge in [-0.3, -0.25) is 24.3 Å². The zero-order valence-corrected chi connectivity index (χ0v) is 17.3. The second kappa shape index (κ2) is 8.37. The topological polar surface area (TPSA) is 105 Å². The van der Waals surface area contributed by atoms with E-state index in [1.807, 2.05) is 19.9 Å². The SMILES string of the molecule is CCn1c(=N)c(C(=O)NCCN2CCOCC2)cc2c(=O)n3cc(C)ccc3nc21. The lowest BCUT2D eigenvalue weighted by atomic mass is 10.2. The van der Waals surface area contributed by atoms with E-state index in [4.69, 9.17) is 10.1 Å². The van der Waals surface area contributed by atoms with Gasteiger partial charge in [-0.05, 0) is 31.5 Å². The maximum Gasteiger partial charge on any atom is 0.267 e. The summed E-state index contributed by atoms with van der Waals surface area (Å²) in [6, 6.07) is 5.17. The highest BCUT2D eigenvalue weighted by molar-refractivity contribution is 5.96. The van der Waals surface area contributed by atoms with Crippen molar-refractivity contribution in [2.45, 2.75) is 20.4 Å². The molecular weight excluding hydrogens is 384 g/mol. The molecule has 1 aliphatic rings.